The minimum atomic E-state index is -0.615. The van der Waals surface area contributed by atoms with E-state index in [9.17, 15) is 4.79 Å². The molecule has 0 N–H and O–H groups in total. The molecule has 1 atom stereocenters. The van der Waals surface area contributed by atoms with Gasteiger partial charge < -0.3 is 9.47 Å². The van der Waals surface area contributed by atoms with Crippen LogP contribution in [0.5, 0.6) is 0 Å². The number of carbonyl (C=O) groups is 1. The SMILES string of the molecule is CCOC(=O)[C@@H](OC)c1ccccc1. The number of benzene rings is 1. The molecule has 0 aromatic heterocycles. The number of methoxy groups -OCH3 is 1. The Morgan fingerprint density at radius 2 is 2.00 bits per heavy atom. The lowest BCUT2D eigenvalue weighted by molar-refractivity contribution is -0.155. The number of hydrogen-bond donors (Lipinski definition) is 0. The Labute approximate surface area is 83.6 Å². The molecule has 0 amide bonds. The van der Waals surface area contributed by atoms with Crippen molar-refractivity contribution in [3.05, 3.63) is 35.9 Å². The van der Waals surface area contributed by atoms with Gasteiger partial charge in [-0.15, -0.1) is 0 Å². The van der Waals surface area contributed by atoms with E-state index < -0.39 is 6.10 Å². The fourth-order valence-electron chi connectivity index (χ4n) is 1.21. The van der Waals surface area contributed by atoms with Gasteiger partial charge in [0.1, 0.15) is 0 Å². The summed E-state index contributed by atoms with van der Waals surface area (Å²) in [5.41, 5.74) is 0.813. The van der Waals surface area contributed by atoms with Gasteiger partial charge in [-0.05, 0) is 12.5 Å². The third-order valence-corrected chi connectivity index (χ3v) is 1.84. The minimum absolute atomic E-state index is 0.346. The van der Waals surface area contributed by atoms with Crippen molar-refractivity contribution in [2.75, 3.05) is 13.7 Å². The lowest BCUT2D eigenvalue weighted by atomic mass is 10.1. The average Bonchev–Trinajstić information content (AvgIpc) is 2.21. The fourth-order valence-corrected chi connectivity index (χ4v) is 1.21. The molecule has 1 rings (SSSR count). The van der Waals surface area contributed by atoms with Gasteiger partial charge in [0.15, 0.2) is 6.10 Å². The molecule has 0 radical (unpaired) electrons. The molecular formula is C11H14O3. The molecule has 76 valence electrons. The van der Waals surface area contributed by atoms with E-state index in [0.29, 0.717) is 6.61 Å². The Morgan fingerprint density at radius 1 is 1.36 bits per heavy atom. The third-order valence-electron chi connectivity index (χ3n) is 1.84. The zero-order chi connectivity index (χ0) is 10.4. The second-order valence-electron chi connectivity index (χ2n) is 2.78. The van der Waals surface area contributed by atoms with Crippen LogP contribution in [0, 0.1) is 0 Å². The molecule has 14 heavy (non-hydrogen) atoms. The summed E-state index contributed by atoms with van der Waals surface area (Å²) in [4.78, 5) is 11.4. The van der Waals surface area contributed by atoms with Gasteiger partial charge in [0.2, 0.25) is 0 Å². The maximum Gasteiger partial charge on any atom is 0.339 e. The van der Waals surface area contributed by atoms with Gasteiger partial charge in [0, 0.05) is 7.11 Å². The van der Waals surface area contributed by atoms with Crippen LogP contribution >= 0.6 is 0 Å². The normalized spacial score (nSPS) is 12.1. The van der Waals surface area contributed by atoms with Gasteiger partial charge in [-0.1, -0.05) is 30.3 Å². The van der Waals surface area contributed by atoms with Gasteiger partial charge in [0.05, 0.1) is 6.61 Å². The highest BCUT2D eigenvalue weighted by atomic mass is 16.6. The molecule has 0 unspecified atom stereocenters. The van der Waals surface area contributed by atoms with Gasteiger partial charge in [-0.25, -0.2) is 4.79 Å². The van der Waals surface area contributed by atoms with Crippen LogP contribution in [-0.4, -0.2) is 19.7 Å². The van der Waals surface area contributed by atoms with Crippen molar-refractivity contribution < 1.29 is 14.3 Å². The second kappa shape index (κ2) is 5.40. The van der Waals surface area contributed by atoms with Gasteiger partial charge >= 0.3 is 5.97 Å². The molecule has 1 aromatic carbocycles. The van der Waals surface area contributed by atoms with E-state index in [1.165, 1.54) is 7.11 Å². The first-order chi connectivity index (χ1) is 6.79. The molecular weight excluding hydrogens is 180 g/mol. The van der Waals surface area contributed by atoms with Crippen LogP contribution in [0.2, 0.25) is 0 Å². The Bertz CT molecular complexity index is 282. The summed E-state index contributed by atoms with van der Waals surface area (Å²) in [6.07, 6.45) is -0.615. The number of rotatable bonds is 4. The van der Waals surface area contributed by atoms with E-state index in [1.807, 2.05) is 30.3 Å². The van der Waals surface area contributed by atoms with Crippen molar-refractivity contribution in [3.63, 3.8) is 0 Å². The van der Waals surface area contributed by atoms with Gasteiger partial charge in [0.25, 0.3) is 0 Å². The highest BCUT2D eigenvalue weighted by Gasteiger charge is 2.20. The van der Waals surface area contributed by atoms with E-state index >= 15 is 0 Å². The zero-order valence-electron chi connectivity index (χ0n) is 8.40. The first-order valence-corrected chi connectivity index (χ1v) is 4.54. The van der Waals surface area contributed by atoms with Crippen LogP contribution < -0.4 is 0 Å². The number of carbonyl (C=O) groups excluding carboxylic acids is 1. The Kier molecular flexibility index (Phi) is 4.13. The van der Waals surface area contributed by atoms with Crippen LogP contribution in [0.1, 0.15) is 18.6 Å². The maximum absolute atomic E-state index is 11.4. The molecule has 0 aliphatic heterocycles. The van der Waals surface area contributed by atoms with E-state index in [-0.39, 0.29) is 5.97 Å². The lowest BCUT2D eigenvalue weighted by Crippen LogP contribution is -2.17. The zero-order valence-corrected chi connectivity index (χ0v) is 8.40. The Balaban J connectivity index is 2.77. The summed E-state index contributed by atoms with van der Waals surface area (Å²) in [5.74, 6) is -0.346. The maximum atomic E-state index is 11.4. The van der Waals surface area contributed by atoms with Crippen molar-refractivity contribution in [2.24, 2.45) is 0 Å². The van der Waals surface area contributed by atoms with Crippen molar-refractivity contribution in [1.82, 2.24) is 0 Å². The predicted octanol–water partition coefficient (Wildman–Crippen LogP) is 1.94. The van der Waals surface area contributed by atoms with E-state index in [2.05, 4.69) is 0 Å². The smallest absolute Gasteiger partial charge is 0.339 e. The van der Waals surface area contributed by atoms with Crippen LogP contribution in [0.25, 0.3) is 0 Å². The van der Waals surface area contributed by atoms with Crippen molar-refractivity contribution in [1.29, 1.82) is 0 Å². The largest absolute Gasteiger partial charge is 0.464 e. The summed E-state index contributed by atoms with van der Waals surface area (Å²) < 4.78 is 9.96. The topological polar surface area (TPSA) is 35.5 Å². The first kappa shape index (κ1) is 10.7. The van der Waals surface area contributed by atoms with E-state index in [4.69, 9.17) is 9.47 Å². The second-order valence-corrected chi connectivity index (χ2v) is 2.78. The summed E-state index contributed by atoms with van der Waals surface area (Å²) in [7, 11) is 1.49. The predicted molar refractivity (Wildman–Crippen MR) is 52.8 cm³/mol. The lowest BCUT2D eigenvalue weighted by Gasteiger charge is -2.13. The molecule has 0 fully saturated rings. The van der Waals surface area contributed by atoms with Crippen LogP contribution in [0.4, 0.5) is 0 Å². The monoisotopic (exact) mass is 194 g/mol. The van der Waals surface area contributed by atoms with Gasteiger partial charge in [-0.2, -0.15) is 0 Å². The Hall–Kier alpha value is -1.35. The van der Waals surface area contributed by atoms with Crippen molar-refractivity contribution in [2.45, 2.75) is 13.0 Å². The molecule has 0 bridgehead atoms. The van der Waals surface area contributed by atoms with E-state index in [0.717, 1.165) is 5.56 Å². The number of ether oxygens (including phenoxy) is 2. The highest BCUT2D eigenvalue weighted by molar-refractivity contribution is 5.76. The first-order valence-electron chi connectivity index (χ1n) is 4.54. The quantitative estimate of drug-likeness (QED) is 0.687. The Morgan fingerprint density at radius 3 is 2.50 bits per heavy atom. The molecule has 3 nitrogen and oxygen atoms in total. The molecule has 0 aliphatic carbocycles. The summed E-state index contributed by atoms with van der Waals surface area (Å²) >= 11 is 0. The minimum Gasteiger partial charge on any atom is -0.464 e. The molecule has 0 saturated heterocycles. The van der Waals surface area contributed by atoms with Crippen molar-refractivity contribution >= 4 is 5.97 Å². The van der Waals surface area contributed by atoms with Crippen molar-refractivity contribution in [3.8, 4) is 0 Å². The molecule has 3 heteroatoms. The van der Waals surface area contributed by atoms with Gasteiger partial charge in [-0.3, -0.25) is 0 Å². The molecule has 1 aromatic rings. The number of esters is 1. The standard InChI is InChI=1S/C11H14O3/c1-3-14-11(12)10(13-2)9-7-5-4-6-8-9/h4-8,10H,3H2,1-2H3/t10-/m0/s1. The average molecular weight is 194 g/mol. The summed E-state index contributed by atoms with van der Waals surface area (Å²) in [6, 6.07) is 9.29. The highest BCUT2D eigenvalue weighted by Crippen LogP contribution is 2.17. The molecule has 0 aliphatic rings. The van der Waals surface area contributed by atoms with Crippen LogP contribution in [0.15, 0.2) is 30.3 Å². The number of hydrogen-bond acceptors (Lipinski definition) is 3. The molecule has 0 spiro atoms. The van der Waals surface area contributed by atoms with E-state index in [1.54, 1.807) is 6.92 Å². The molecule has 0 heterocycles. The molecule has 0 saturated carbocycles. The third kappa shape index (κ3) is 2.57. The van der Waals surface area contributed by atoms with Crippen LogP contribution in [0.3, 0.4) is 0 Å². The summed E-state index contributed by atoms with van der Waals surface area (Å²) in [5, 5.41) is 0. The van der Waals surface area contributed by atoms with Crippen LogP contribution in [-0.2, 0) is 14.3 Å². The summed E-state index contributed by atoms with van der Waals surface area (Å²) in [6.45, 7) is 2.14. The fraction of sp³-hybridized carbons (Fsp3) is 0.364.